The number of fused-ring (bicyclic) bond motifs is 1. The second-order valence-electron chi connectivity index (χ2n) is 6.44. The third kappa shape index (κ3) is 3.16. The van der Waals surface area contributed by atoms with Crippen LogP contribution >= 0.6 is 0 Å². The van der Waals surface area contributed by atoms with E-state index in [4.69, 9.17) is 0 Å². The Kier molecular flexibility index (Phi) is 4.21. The lowest BCUT2D eigenvalue weighted by Crippen LogP contribution is -2.29. The second kappa shape index (κ2) is 6.50. The summed E-state index contributed by atoms with van der Waals surface area (Å²) in [6.45, 7) is -0.377. The summed E-state index contributed by atoms with van der Waals surface area (Å²) < 4.78 is 54.0. The minimum atomic E-state index is -4.64. The molecule has 0 spiro atoms. The summed E-state index contributed by atoms with van der Waals surface area (Å²) in [6.07, 6.45) is -3.80. The fourth-order valence-corrected chi connectivity index (χ4v) is 3.14. The summed E-state index contributed by atoms with van der Waals surface area (Å²) in [5, 5.41) is 3.40. The van der Waals surface area contributed by atoms with E-state index >= 15 is 0 Å². The fourth-order valence-electron chi connectivity index (χ4n) is 3.14. The summed E-state index contributed by atoms with van der Waals surface area (Å²) in [5.74, 6) is -1.92. The van der Waals surface area contributed by atoms with Crippen LogP contribution in [0.1, 0.15) is 32.0 Å². The molecule has 29 heavy (non-hydrogen) atoms. The van der Waals surface area contributed by atoms with Crippen LogP contribution in [0.3, 0.4) is 0 Å². The molecule has 1 aliphatic heterocycles. The van der Waals surface area contributed by atoms with Gasteiger partial charge in [0.05, 0.1) is 35.3 Å². The minimum absolute atomic E-state index is 0.0148. The van der Waals surface area contributed by atoms with Gasteiger partial charge in [-0.05, 0) is 24.3 Å². The topological polar surface area (TPSA) is 68.1 Å². The number of carbonyl (C=O) groups excluding carboxylic acids is 2. The zero-order valence-corrected chi connectivity index (χ0v) is 14.9. The van der Waals surface area contributed by atoms with Gasteiger partial charge in [0, 0.05) is 12.6 Å². The average molecular weight is 404 g/mol. The van der Waals surface area contributed by atoms with Crippen LogP contribution in [0.15, 0.2) is 42.6 Å². The number of hydrogen-bond donors (Lipinski definition) is 0. The molecule has 1 aromatic carbocycles. The number of alkyl halides is 3. The Morgan fingerprint density at radius 1 is 1.03 bits per heavy atom. The summed E-state index contributed by atoms with van der Waals surface area (Å²) >= 11 is 0. The first-order valence-corrected chi connectivity index (χ1v) is 8.38. The van der Waals surface area contributed by atoms with Gasteiger partial charge in [0.25, 0.3) is 11.8 Å². The summed E-state index contributed by atoms with van der Waals surface area (Å²) in [4.78, 5) is 29.7. The first-order valence-electron chi connectivity index (χ1n) is 8.38. The number of nitrogens with zero attached hydrogens (tertiary/aromatic N) is 4. The molecule has 148 valence electrons. The molecule has 2 amide bonds. The van der Waals surface area contributed by atoms with Gasteiger partial charge >= 0.3 is 6.18 Å². The Morgan fingerprint density at radius 3 is 2.21 bits per heavy atom. The third-order valence-corrected chi connectivity index (χ3v) is 4.57. The quantitative estimate of drug-likeness (QED) is 0.496. The lowest BCUT2D eigenvalue weighted by molar-refractivity contribution is -0.141. The number of halogens is 4. The number of hydrogen-bond acceptors (Lipinski definition) is 4. The number of aromatic nitrogens is 3. The summed E-state index contributed by atoms with van der Waals surface area (Å²) in [7, 11) is 1.31. The normalized spacial score (nSPS) is 13.9. The second-order valence-corrected chi connectivity index (χ2v) is 6.44. The molecule has 0 bridgehead atoms. The van der Waals surface area contributed by atoms with Crippen molar-refractivity contribution in [3.63, 3.8) is 0 Å². The monoisotopic (exact) mass is 404 g/mol. The highest BCUT2D eigenvalue weighted by Gasteiger charge is 2.36. The Balaban J connectivity index is 1.68. The van der Waals surface area contributed by atoms with E-state index in [2.05, 4.69) is 10.1 Å². The zero-order chi connectivity index (χ0) is 20.9. The van der Waals surface area contributed by atoms with E-state index in [9.17, 15) is 27.2 Å². The van der Waals surface area contributed by atoms with Gasteiger partial charge in [-0.3, -0.25) is 24.2 Å². The highest BCUT2D eigenvalue weighted by Crippen LogP contribution is 2.32. The predicted octanol–water partition coefficient (Wildman–Crippen LogP) is 3.44. The van der Waals surface area contributed by atoms with Crippen LogP contribution in [-0.4, -0.2) is 31.5 Å². The maximum Gasteiger partial charge on any atom is 0.435 e. The van der Waals surface area contributed by atoms with Gasteiger partial charge < -0.3 is 0 Å². The number of benzene rings is 1. The highest BCUT2D eigenvalue weighted by molar-refractivity contribution is 6.21. The number of amides is 2. The van der Waals surface area contributed by atoms with Gasteiger partial charge in [0.1, 0.15) is 5.82 Å². The number of aryl methyl sites for hydroxylation is 1. The molecule has 3 aromatic rings. The van der Waals surface area contributed by atoms with Crippen molar-refractivity contribution >= 4 is 11.8 Å². The Bertz CT molecular complexity index is 1120. The van der Waals surface area contributed by atoms with Crippen LogP contribution in [0.4, 0.5) is 17.6 Å². The molecule has 0 saturated heterocycles. The molecule has 6 nitrogen and oxygen atoms in total. The molecule has 0 fully saturated rings. The number of rotatable bonds is 3. The number of carbonyl (C=O) groups is 2. The van der Waals surface area contributed by atoms with Crippen molar-refractivity contribution in [3.05, 3.63) is 70.8 Å². The number of imide groups is 1. The Hall–Kier alpha value is -3.56. The van der Waals surface area contributed by atoms with Crippen LogP contribution in [0.2, 0.25) is 0 Å². The molecule has 0 N–H and O–H groups in total. The molecule has 2 aromatic heterocycles. The fraction of sp³-hybridized carbons (Fsp3) is 0.158. The van der Waals surface area contributed by atoms with E-state index in [0.717, 1.165) is 21.8 Å². The van der Waals surface area contributed by atoms with Crippen LogP contribution < -0.4 is 0 Å². The molecule has 3 heterocycles. The molecule has 10 heteroatoms. The van der Waals surface area contributed by atoms with Crippen molar-refractivity contribution in [3.8, 4) is 11.4 Å². The third-order valence-electron chi connectivity index (χ3n) is 4.57. The predicted molar refractivity (Wildman–Crippen MR) is 92.0 cm³/mol. The largest absolute Gasteiger partial charge is 0.435 e. The van der Waals surface area contributed by atoms with Crippen LogP contribution in [-0.2, 0) is 19.8 Å². The molecule has 4 rings (SSSR count). The first kappa shape index (κ1) is 18.8. The van der Waals surface area contributed by atoms with Crippen LogP contribution in [0, 0.1) is 5.82 Å². The SMILES string of the molecule is Cn1nc(C(F)(F)F)cc1-c1cc(CN2C(=O)c3ccccc3C2=O)c(F)cn1. The van der Waals surface area contributed by atoms with Gasteiger partial charge in [-0.15, -0.1) is 0 Å². The smallest absolute Gasteiger partial charge is 0.270 e. The maximum atomic E-state index is 14.3. The van der Waals surface area contributed by atoms with Crippen molar-refractivity contribution in [1.29, 1.82) is 0 Å². The molecule has 0 saturated carbocycles. The van der Waals surface area contributed by atoms with E-state index in [-0.39, 0.29) is 34.6 Å². The van der Waals surface area contributed by atoms with Crippen molar-refractivity contribution < 1.29 is 27.2 Å². The number of pyridine rings is 1. The minimum Gasteiger partial charge on any atom is -0.270 e. The molecular formula is C19H12F4N4O2. The van der Waals surface area contributed by atoms with E-state index in [1.165, 1.54) is 25.2 Å². The highest BCUT2D eigenvalue weighted by atomic mass is 19.4. The zero-order valence-electron chi connectivity index (χ0n) is 14.9. The van der Waals surface area contributed by atoms with Gasteiger partial charge in [-0.2, -0.15) is 18.3 Å². The van der Waals surface area contributed by atoms with E-state index in [0.29, 0.717) is 0 Å². The average Bonchev–Trinajstić information content (AvgIpc) is 3.18. The van der Waals surface area contributed by atoms with E-state index < -0.39 is 29.5 Å². The molecule has 0 radical (unpaired) electrons. The van der Waals surface area contributed by atoms with Gasteiger partial charge in [0.2, 0.25) is 0 Å². The van der Waals surface area contributed by atoms with Gasteiger partial charge in [0.15, 0.2) is 5.69 Å². The van der Waals surface area contributed by atoms with Crippen LogP contribution in [0.25, 0.3) is 11.4 Å². The standard InChI is InChI=1S/C19H12F4N4O2/c1-26-15(7-16(25-26)19(21,22)23)14-6-10(13(20)8-24-14)9-27-17(28)11-4-2-3-5-12(11)18(27)29/h2-8H,9H2,1H3. The lowest BCUT2D eigenvalue weighted by Gasteiger charge is -2.15. The summed E-state index contributed by atoms with van der Waals surface area (Å²) in [6, 6.07) is 8.22. The van der Waals surface area contributed by atoms with Crippen LogP contribution in [0.5, 0.6) is 0 Å². The maximum absolute atomic E-state index is 14.3. The molecule has 0 unspecified atom stereocenters. The van der Waals surface area contributed by atoms with Crippen molar-refractivity contribution in [1.82, 2.24) is 19.7 Å². The van der Waals surface area contributed by atoms with Crippen molar-refractivity contribution in [2.24, 2.45) is 7.05 Å². The molecule has 0 atom stereocenters. The Labute approximate surface area is 161 Å². The van der Waals surface area contributed by atoms with Gasteiger partial charge in [-0.1, -0.05) is 12.1 Å². The lowest BCUT2D eigenvalue weighted by atomic mass is 10.1. The molecule has 0 aliphatic carbocycles. The molecule has 1 aliphatic rings. The van der Waals surface area contributed by atoms with E-state index in [1.807, 2.05) is 0 Å². The van der Waals surface area contributed by atoms with Crippen molar-refractivity contribution in [2.75, 3.05) is 0 Å². The van der Waals surface area contributed by atoms with E-state index in [1.54, 1.807) is 12.1 Å². The van der Waals surface area contributed by atoms with Crippen molar-refractivity contribution in [2.45, 2.75) is 12.7 Å². The first-order chi connectivity index (χ1) is 13.7. The molecular weight excluding hydrogens is 392 g/mol. The van der Waals surface area contributed by atoms with Gasteiger partial charge in [-0.25, -0.2) is 4.39 Å². The Morgan fingerprint density at radius 2 is 1.66 bits per heavy atom. The summed E-state index contributed by atoms with van der Waals surface area (Å²) in [5.41, 5.74) is -0.686.